The van der Waals surface area contributed by atoms with Gasteiger partial charge in [0, 0.05) is 56.6 Å². The molecule has 6 rings (SSSR count). The van der Waals surface area contributed by atoms with Crippen LogP contribution in [0.1, 0.15) is 24.0 Å². The number of fused-ring (bicyclic) bond motifs is 1. The molecule has 6 heteroatoms. The summed E-state index contributed by atoms with van der Waals surface area (Å²) in [6.07, 6.45) is 5.09. The van der Waals surface area contributed by atoms with Gasteiger partial charge < -0.3 is 14.4 Å². The van der Waals surface area contributed by atoms with Gasteiger partial charge in [0.1, 0.15) is 0 Å². The van der Waals surface area contributed by atoms with Crippen LogP contribution in [0.5, 0.6) is 11.5 Å². The minimum absolute atomic E-state index is 0.291. The van der Waals surface area contributed by atoms with Crippen molar-refractivity contribution in [2.24, 2.45) is 5.92 Å². The van der Waals surface area contributed by atoms with Crippen molar-refractivity contribution in [2.45, 2.75) is 25.9 Å². The maximum atomic E-state index is 5.63. The molecule has 2 aromatic carbocycles. The number of benzene rings is 2. The maximum Gasteiger partial charge on any atom is 0.231 e. The van der Waals surface area contributed by atoms with Crippen LogP contribution < -0.4 is 9.47 Å². The molecular weight excluding hydrogens is 400 g/mol. The number of piperazine rings is 1. The summed E-state index contributed by atoms with van der Waals surface area (Å²) in [5, 5.41) is 5.01. The Kier molecular flexibility index (Phi) is 5.33. The minimum atomic E-state index is 0.291. The van der Waals surface area contributed by atoms with E-state index < -0.39 is 0 Å². The highest BCUT2D eigenvalue weighted by Gasteiger charge is 2.27. The molecule has 3 aromatic rings. The first-order chi connectivity index (χ1) is 15.8. The third kappa shape index (κ3) is 4.38. The van der Waals surface area contributed by atoms with Gasteiger partial charge >= 0.3 is 0 Å². The molecule has 0 atom stereocenters. The highest BCUT2D eigenvalue weighted by atomic mass is 16.7. The topological polar surface area (TPSA) is 42.8 Å². The Hall–Kier alpha value is -2.83. The van der Waals surface area contributed by atoms with Crippen molar-refractivity contribution in [3.8, 4) is 22.8 Å². The molecule has 3 heterocycles. The first kappa shape index (κ1) is 19.8. The van der Waals surface area contributed by atoms with Crippen molar-refractivity contribution in [1.82, 2.24) is 19.6 Å². The molecule has 6 nitrogen and oxygen atoms in total. The fourth-order valence-electron chi connectivity index (χ4n) is 4.75. The monoisotopic (exact) mass is 430 g/mol. The van der Waals surface area contributed by atoms with Gasteiger partial charge in [-0.15, -0.1) is 0 Å². The molecule has 1 saturated heterocycles. The van der Waals surface area contributed by atoms with Crippen LogP contribution in [0.25, 0.3) is 11.3 Å². The van der Waals surface area contributed by atoms with Crippen LogP contribution in [0, 0.1) is 5.92 Å². The quantitative estimate of drug-likeness (QED) is 0.570. The van der Waals surface area contributed by atoms with E-state index in [9.17, 15) is 0 Å². The van der Waals surface area contributed by atoms with E-state index in [1.807, 2.05) is 6.07 Å². The van der Waals surface area contributed by atoms with Crippen LogP contribution in [0.2, 0.25) is 0 Å². The zero-order valence-electron chi connectivity index (χ0n) is 18.4. The molecule has 0 N–H and O–H groups in total. The van der Waals surface area contributed by atoms with Crippen molar-refractivity contribution in [3.63, 3.8) is 0 Å². The number of hydrogen-bond donors (Lipinski definition) is 0. The van der Waals surface area contributed by atoms with Crippen molar-refractivity contribution in [3.05, 3.63) is 65.9 Å². The van der Waals surface area contributed by atoms with Gasteiger partial charge in [0.2, 0.25) is 6.79 Å². The molecule has 2 aliphatic heterocycles. The van der Waals surface area contributed by atoms with E-state index in [2.05, 4.69) is 63.1 Å². The van der Waals surface area contributed by atoms with Gasteiger partial charge in [-0.25, -0.2) is 0 Å². The third-order valence-corrected chi connectivity index (χ3v) is 6.74. The smallest absolute Gasteiger partial charge is 0.231 e. The Labute approximate surface area is 189 Å². The van der Waals surface area contributed by atoms with Crippen LogP contribution in [0.4, 0.5) is 0 Å². The van der Waals surface area contributed by atoms with Gasteiger partial charge in [-0.1, -0.05) is 30.3 Å². The van der Waals surface area contributed by atoms with Crippen LogP contribution in [-0.4, -0.2) is 59.1 Å². The summed E-state index contributed by atoms with van der Waals surface area (Å²) in [4.78, 5) is 5.22. The lowest BCUT2D eigenvalue weighted by atomic mass is 10.1. The van der Waals surface area contributed by atoms with Gasteiger partial charge in [0.05, 0.1) is 12.2 Å². The summed E-state index contributed by atoms with van der Waals surface area (Å²) < 4.78 is 13.2. The Balaban J connectivity index is 1.23. The van der Waals surface area contributed by atoms with Gasteiger partial charge in [0.15, 0.2) is 11.5 Å². The average Bonchev–Trinajstić information content (AvgIpc) is 3.36. The predicted octanol–water partition coefficient (Wildman–Crippen LogP) is 3.85. The second-order valence-electron chi connectivity index (χ2n) is 9.27. The van der Waals surface area contributed by atoms with Crippen molar-refractivity contribution in [1.29, 1.82) is 0 Å². The Morgan fingerprint density at radius 3 is 2.44 bits per heavy atom. The molecule has 1 saturated carbocycles. The van der Waals surface area contributed by atoms with Crippen molar-refractivity contribution < 1.29 is 9.47 Å². The number of rotatable bonds is 7. The standard InChI is InChI=1S/C26H30N4O2/c1-2-4-20(5-3-1)16-30-18-23(17-29-12-10-28(11-13-29)15-21-6-7-21)26(27-30)22-8-9-24-25(14-22)32-19-31-24/h1-5,8-9,14,18,21H,6-7,10-13,15-17,19H2. The Bertz CT molecular complexity index is 1070. The molecule has 166 valence electrons. The van der Waals surface area contributed by atoms with Crippen LogP contribution >= 0.6 is 0 Å². The van der Waals surface area contributed by atoms with E-state index in [4.69, 9.17) is 14.6 Å². The molecule has 2 fully saturated rings. The first-order valence-corrected chi connectivity index (χ1v) is 11.8. The number of ether oxygens (including phenoxy) is 2. The zero-order chi connectivity index (χ0) is 21.3. The lowest BCUT2D eigenvalue weighted by Crippen LogP contribution is -2.46. The predicted molar refractivity (Wildman–Crippen MR) is 124 cm³/mol. The Morgan fingerprint density at radius 1 is 0.844 bits per heavy atom. The van der Waals surface area contributed by atoms with Crippen molar-refractivity contribution >= 4 is 0 Å². The number of hydrogen-bond acceptors (Lipinski definition) is 5. The molecule has 1 aromatic heterocycles. The van der Waals surface area contributed by atoms with E-state index in [1.54, 1.807) is 0 Å². The first-order valence-electron chi connectivity index (χ1n) is 11.8. The molecule has 32 heavy (non-hydrogen) atoms. The van der Waals surface area contributed by atoms with Gasteiger partial charge in [-0.2, -0.15) is 5.10 Å². The average molecular weight is 431 g/mol. The fraction of sp³-hybridized carbons (Fsp3) is 0.423. The second-order valence-corrected chi connectivity index (χ2v) is 9.27. The maximum absolute atomic E-state index is 5.63. The molecule has 0 spiro atoms. The van der Waals surface area contributed by atoms with E-state index in [-0.39, 0.29) is 0 Å². The summed E-state index contributed by atoms with van der Waals surface area (Å²) in [6.45, 7) is 7.88. The Morgan fingerprint density at radius 2 is 1.62 bits per heavy atom. The van der Waals surface area contributed by atoms with Crippen LogP contribution in [0.3, 0.4) is 0 Å². The summed E-state index contributed by atoms with van der Waals surface area (Å²) in [6, 6.07) is 16.7. The second kappa shape index (κ2) is 8.60. The normalized spacial score (nSPS) is 18.9. The molecule has 0 radical (unpaired) electrons. The zero-order valence-corrected chi connectivity index (χ0v) is 18.4. The largest absolute Gasteiger partial charge is 0.454 e. The van der Waals surface area contributed by atoms with Crippen LogP contribution in [-0.2, 0) is 13.1 Å². The molecule has 0 bridgehead atoms. The summed E-state index contributed by atoms with van der Waals surface area (Å²) in [5.74, 6) is 2.58. The minimum Gasteiger partial charge on any atom is -0.454 e. The van der Waals surface area contributed by atoms with Gasteiger partial charge in [0.25, 0.3) is 0 Å². The molecule has 1 aliphatic carbocycles. The summed E-state index contributed by atoms with van der Waals surface area (Å²) in [5.41, 5.74) is 4.66. The summed E-state index contributed by atoms with van der Waals surface area (Å²) >= 11 is 0. The highest BCUT2D eigenvalue weighted by Crippen LogP contribution is 2.37. The SMILES string of the molecule is c1ccc(Cn2cc(CN3CCN(CC4CC4)CC3)c(-c3ccc4c(c3)OCO4)n2)cc1. The van der Waals surface area contributed by atoms with E-state index in [0.29, 0.717) is 6.79 Å². The lowest BCUT2D eigenvalue weighted by Gasteiger charge is -2.34. The van der Waals surface area contributed by atoms with Crippen molar-refractivity contribution in [2.75, 3.05) is 39.5 Å². The van der Waals surface area contributed by atoms with Crippen LogP contribution in [0.15, 0.2) is 54.7 Å². The molecule has 3 aliphatic rings. The molecular formula is C26H30N4O2. The lowest BCUT2D eigenvalue weighted by molar-refractivity contribution is 0.123. The van der Waals surface area contributed by atoms with Gasteiger partial charge in [-0.05, 0) is 42.5 Å². The molecule has 0 amide bonds. The van der Waals surface area contributed by atoms with Gasteiger partial charge in [-0.3, -0.25) is 9.58 Å². The molecule has 0 unspecified atom stereocenters. The van der Waals surface area contributed by atoms with E-state index in [1.165, 1.54) is 43.6 Å². The highest BCUT2D eigenvalue weighted by molar-refractivity contribution is 5.67. The van der Waals surface area contributed by atoms with E-state index >= 15 is 0 Å². The van der Waals surface area contributed by atoms with E-state index in [0.717, 1.165) is 54.9 Å². The fourth-order valence-corrected chi connectivity index (χ4v) is 4.75. The number of nitrogens with zero attached hydrogens (tertiary/aromatic N) is 4. The number of aromatic nitrogens is 2. The summed E-state index contributed by atoms with van der Waals surface area (Å²) in [7, 11) is 0. The third-order valence-electron chi connectivity index (χ3n) is 6.74.